The Kier molecular flexibility index (Phi) is 6.25. The quantitative estimate of drug-likeness (QED) is 0.168. The lowest BCUT2D eigenvalue weighted by molar-refractivity contribution is 0.102. The molecule has 0 amide bonds. The number of Topliss-reactive ketones (excluding diaryl/α,β-unsaturated/α-hetero) is 1. The number of aromatic nitrogens is 2. The number of thioether (sulfide) groups is 1. The molecule has 0 saturated carbocycles. The van der Waals surface area contributed by atoms with E-state index in [0.29, 0.717) is 11.7 Å². The van der Waals surface area contributed by atoms with Crippen LogP contribution in [0.2, 0.25) is 0 Å². The van der Waals surface area contributed by atoms with Crippen molar-refractivity contribution in [2.45, 2.75) is 57.7 Å². The second-order valence-electron chi connectivity index (χ2n) is 7.87. The van der Waals surface area contributed by atoms with E-state index in [2.05, 4.69) is 6.58 Å². The van der Waals surface area contributed by atoms with E-state index in [0.717, 1.165) is 46.2 Å². The monoisotopic (exact) mass is 438 g/mol. The summed E-state index contributed by atoms with van der Waals surface area (Å²) in [6, 6.07) is 5.92. The van der Waals surface area contributed by atoms with E-state index in [9.17, 15) is 9.59 Å². The van der Waals surface area contributed by atoms with Crippen LogP contribution >= 0.6 is 23.1 Å². The lowest BCUT2D eigenvalue weighted by Crippen LogP contribution is -2.23. The Hall–Kier alpha value is -2.18. The first-order chi connectivity index (χ1) is 14.5. The van der Waals surface area contributed by atoms with Crippen molar-refractivity contribution >= 4 is 39.1 Å². The third-order valence-electron chi connectivity index (χ3n) is 5.63. The first-order valence-corrected chi connectivity index (χ1v) is 12.2. The number of allylic oxidation sites excluding steroid dienone is 1. The third kappa shape index (κ3) is 4.03. The van der Waals surface area contributed by atoms with Crippen LogP contribution in [0.25, 0.3) is 10.2 Å². The molecule has 0 N–H and O–H groups in total. The van der Waals surface area contributed by atoms with Gasteiger partial charge in [0, 0.05) is 17.0 Å². The summed E-state index contributed by atoms with van der Waals surface area (Å²) in [5.41, 5.74) is 3.98. The highest BCUT2D eigenvalue weighted by molar-refractivity contribution is 7.99. The summed E-state index contributed by atoms with van der Waals surface area (Å²) < 4.78 is 1.67. The number of rotatable bonds is 6. The number of hydrogen-bond donors (Lipinski definition) is 0. The zero-order valence-electron chi connectivity index (χ0n) is 17.5. The minimum atomic E-state index is 0.000912. The molecule has 30 heavy (non-hydrogen) atoms. The molecule has 2 heterocycles. The van der Waals surface area contributed by atoms with Crippen LogP contribution in [0.3, 0.4) is 0 Å². The van der Waals surface area contributed by atoms with Gasteiger partial charge in [0.25, 0.3) is 5.56 Å². The number of ketones is 1. The molecule has 1 aromatic carbocycles. The second-order valence-corrected chi connectivity index (χ2v) is 9.90. The van der Waals surface area contributed by atoms with Gasteiger partial charge in [-0.1, -0.05) is 42.0 Å². The van der Waals surface area contributed by atoms with Crippen molar-refractivity contribution < 1.29 is 4.79 Å². The highest BCUT2D eigenvalue weighted by Crippen LogP contribution is 2.34. The number of nitrogens with zero attached hydrogens (tertiary/aromatic N) is 2. The molecule has 0 radical (unpaired) electrons. The summed E-state index contributed by atoms with van der Waals surface area (Å²) in [7, 11) is 0. The van der Waals surface area contributed by atoms with Gasteiger partial charge in [-0.05, 0) is 56.7 Å². The fraction of sp³-hybridized carbons (Fsp3) is 0.375. The van der Waals surface area contributed by atoms with Gasteiger partial charge >= 0.3 is 0 Å². The molecule has 1 aliphatic rings. The fourth-order valence-corrected chi connectivity index (χ4v) is 6.24. The van der Waals surface area contributed by atoms with Gasteiger partial charge < -0.3 is 0 Å². The van der Waals surface area contributed by atoms with Crippen molar-refractivity contribution in [3.05, 3.63) is 68.3 Å². The Morgan fingerprint density at radius 3 is 2.87 bits per heavy atom. The number of fused-ring (bicyclic) bond motifs is 3. The minimum Gasteiger partial charge on any atom is -0.293 e. The second kappa shape index (κ2) is 8.90. The fourth-order valence-electron chi connectivity index (χ4n) is 4.04. The lowest BCUT2D eigenvalue weighted by Gasteiger charge is -2.11. The standard InChI is InChI=1S/C24H26N2O2S2/c1-4-12-26-23(28)21-17-8-6-5-7-9-20(17)30-22(21)25-24(26)29-14-19(27)18-13-15(2)10-11-16(18)3/h4,10-11,13H,1,5-9,12,14H2,2-3H3. The molecule has 4 rings (SSSR count). The van der Waals surface area contributed by atoms with E-state index >= 15 is 0 Å². The van der Waals surface area contributed by atoms with E-state index in [1.54, 1.807) is 22.0 Å². The zero-order valence-corrected chi connectivity index (χ0v) is 19.1. The van der Waals surface area contributed by atoms with Crippen LogP contribution in [0, 0.1) is 13.8 Å². The molecule has 3 aromatic rings. The number of carbonyl (C=O) groups is 1. The Bertz CT molecular complexity index is 1190. The maximum atomic E-state index is 13.4. The van der Waals surface area contributed by atoms with Crippen LogP contribution < -0.4 is 5.56 Å². The van der Waals surface area contributed by atoms with Gasteiger partial charge in [0.05, 0.1) is 11.1 Å². The molecule has 0 atom stereocenters. The number of hydrogen-bond acceptors (Lipinski definition) is 5. The van der Waals surface area contributed by atoms with E-state index in [-0.39, 0.29) is 17.1 Å². The SMILES string of the molecule is C=CCn1c(SCC(=O)c2cc(C)ccc2C)nc2sc3c(c2c1=O)CCCCC3. The predicted octanol–water partition coefficient (Wildman–Crippen LogP) is 5.50. The van der Waals surface area contributed by atoms with Gasteiger partial charge in [-0.15, -0.1) is 17.9 Å². The maximum absolute atomic E-state index is 13.4. The van der Waals surface area contributed by atoms with Gasteiger partial charge in [-0.25, -0.2) is 4.98 Å². The largest absolute Gasteiger partial charge is 0.293 e. The van der Waals surface area contributed by atoms with Crippen molar-refractivity contribution in [1.29, 1.82) is 0 Å². The Balaban J connectivity index is 1.70. The normalized spacial score (nSPS) is 13.8. The molecule has 0 fully saturated rings. The molecule has 0 unspecified atom stereocenters. The summed E-state index contributed by atoms with van der Waals surface area (Å²) in [6.07, 6.45) is 7.22. The first-order valence-electron chi connectivity index (χ1n) is 10.4. The van der Waals surface area contributed by atoms with Crippen molar-refractivity contribution in [2.24, 2.45) is 0 Å². The van der Waals surface area contributed by atoms with Crippen molar-refractivity contribution in [2.75, 3.05) is 5.75 Å². The van der Waals surface area contributed by atoms with Crippen molar-refractivity contribution in [3.63, 3.8) is 0 Å². The van der Waals surface area contributed by atoms with Crippen LogP contribution in [0.15, 0.2) is 40.8 Å². The van der Waals surface area contributed by atoms with Crippen LogP contribution in [0.5, 0.6) is 0 Å². The summed E-state index contributed by atoms with van der Waals surface area (Å²) in [5.74, 6) is 0.312. The van der Waals surface area contributed by atoms with Crippen LogP contribution in [0.4, 0.5) is 0 Å². The summed E-state index contributed by atoms with van der Waals surface area (Å²) in [6.45, 7) is 8.15. The molecule has 4 nitrogen and oxygen atoms in total. The molecule has 0 saturated heterocycles. The maximum Gasteiger partial charge on any atom is 0.263 e. The number of aryl methyl sites for hydroxylation is 4. The summed E-state index contributed by atoms with van der Waals surface area (Å²) in [5, 5.41) is 1.38. The molecule has 0 aliphatic heterocycles. The van der Waals surface area contributed by atoms with E-state index in [1.165, 1.54) is 35.0 Å². The highest BCUT2D eigenvalue weighted by atomic mass is 32.2. The summed E-state index contributed by atoms with van der Waals surface area (Å²) >= 11 is 3.00. The van der Waals surface area contributed by atoms with Crippen molar-refractivity contribution in [1.82, 2.24) is 9.55 Å². The lowest BCUT2D eigenvalue weighted by atomic mass is 10.0. The molecule has 0 bridgehead atoms. The molecule has 6 heteroatoms. The average Bonchev–Trinajstić information content (AvgIpc) is 2.91. The van der Waals surface area contributed by atoms with Gasteiger partial charge in [0.2, 0.25) is 0 Å². The van der Waals surface area contributed by atoms with Crippen LogP contribution in [-0.4, -0.2) is 21.1 Å². The van der Waals surface area contributed by atoms with Gasteiger partial charge in [0.15, 0.2) is 10.9 Å². The molecular formula is C24H26N2O2S2. The highest BCUT2D eigenvalue weighted by Gasteiger charge is 2.22. The Morgan fingerprint density at radius 1 is 1.27 bits per heavy atom. The van der Waals surface area contributed by atoms with Crippen LogP contribution in [-0.2, 0) is 19.4 Å². The number of carbonyl (C=O) groups excluding carboxylic acids is 1. The Labute approximate surface area is 185 Å². The molecule has 2 aromatic heterocycles. The predicted molar refractivity (Wildman–Crippen MR) is 126 cm³/mol. The number of benzene rings is 1. The van der Waals surface area contributed by atoms with Crippen LogP contribution in [0.1, 0.15) is 51.2 Å². The van der Waals surface area contributed by atoms with E-state index in [1.807, 2.05) is 32.0 Å². The Morgan fingerprint density at radius 2 is 2.07 bits per heavy atom. The molecule has 1 aliphatic carbocycles. The van der Waals surface area contributed by atoms with Gasteiger partial charge in [0.1, 0.15) is 4.83 Å². The number of thiophene rings is 1. The van der Waals surface area contributed by atoms with Gasteiger partial charge in [-0.3, -0.25) is 14.2 Å². The molecular weight excluding hydrogens is 412 g/mol. The topological polar surface area (TPSA) is 52.0 Å². The smallest absolute Gasteiger partial charge is 0.263 e. The zero-order chi connectivity index (χ0) is 21.3. The first kappa shape index (κ1) is 21.1. The minimum absolute atomic E-state index is 0.000912. The van der Waals surface area contributed by atoms with Gasteiger partial charge in [-0.2, -0.15) is 0 Å². The van der Waals surface area contributed by atoms with E-state index < -0.39 is 0 Å². The summed E-state index contributed by atoms with van der Waals surface area (Å²) in [4.78, 5) is 33.2. The molecule has 156 valence electrons. The van der Waals surface area contributed by atoms with E-state index in [4.69, 9.17) is 4.98 Å². The molecule has 0 spiro atoms. The van der Waals surface area contributed by atoms with Crippen molar-refractivity contribution in [3.8, 4) is 0 Å². The average molecular weight is 439 g/mol. The third-order valence-corrected chi connectivity index (χ3v) is 7.79.